The molecule has 0 aliphatic heterocycles. The van der Waals surface area contributed by atoms with Crippen molar-refractivity contribution in [2.24, 2.45) is 0 Å². The fourth-order valence-electron chi connectivity index (χ4n) is 1.43. The number of nitrogens with one attached hydrogen (secondary N) is 1. The highest BCUT2D eigenvalue weighted by atomic mass is 16.1. The summed E-state index contributed by atoms with van der Waals surface area (Å²) in [5.74, 6) is -0.0273. The molecule has 0 radical (unpaired) electrons. The van der Waals surface area contributed by atoms with Crippen molar-refractivity contribution in [1.82, 2.24) is 5.32 Å². The quantitative estimate of drug-likeness (QED) is 0.726. The third-order valence-corrected chi connectivity index (χ3v) is 2.12. The number of rotatable bonds is 3. The van der Waals surface area contributed by atoms with Crippen LogP contribution >= 0.6 is 0 Å². The van der Waals surface area contributed by atoms with E-state index in [-0.39, 0.29) is 5.91 Å². The van der Waals surface area contributed by atoms with Crippen molar-refractivity contribution in [2.75, 3.05) is 6.54 Å². The molecular weight excluding hydrogens is 174 g/mol. The van der Waals surface area contributed by atoms with E-state index in [9.17, 15) is 4.79 Å². The molecule has 0 fully saturated rings. The van der Waals surface area contributed by atoms with Crippen molar-refractivity contribution in [3.63, 3.8) is 0 Å². The van der Waals surface area contributed by atoms with Gasteiger partial charge >= 0.3 is 0 Å². The Morgan fingerprint density at radius 1 is 1.43 bits per heavy atom. The smallest absolute Gasteiger partial charge is 0.252 e. The fraction of sp³-hybridized carbons (Fsp3) is 0.250. The third kappa shape index (κ3) is 2.22. The zero-order chi connectivity index (χ0) is 10.6. The van der Waals surface area contributed by atoms with Crippen LogP contribution in [0.15, 0.2) is 30.9 Å². The Bertz CT molecular complexity index is 335. The molecule has 0 aliphatic carbocycles. The molecule has 0 aromatic heterocycles. The van der Waals surface area contributed by atoms with E-state index in [1.165, 1.54) is 0 Å². The van der Waals surface area contributed by atoms with E-state index < -0.39 is 0 Å². The summed E-state index contributed by atoms with van der Waals surface area (Å²) in [7, 11) is 0. The zero-order valence-electron chi connectivity index (χ0n) is 8.63. The number of aryl methyl sites for hydroxylation is 2. The molecule has 0 heterocycles. The second-order valence-electron chi connectivity index (χ2n) is 3.27. The minimum atomic E-state index is -0.0273. The predicted molar refractivity (Wildman–Crippen MR) is 58.4 cm³/mol. The van der Waals surface area contributed by atoms with Gasteiger partial charge in [0.05, 0.1) is 0 Å². The van der Waals surface area contributed by atoms with Gasteiger partial charge in [-0.05, 0) is 25.0 Å². The van der Waals surface area contributed by atoms with Crippen LogP contribution < -0.4 is 5.32 Å². The molecule has 2 heteroatoms. The molecule has 74 valence electrons. The average molecular weight is 189 g/mol. The highest BCUT2D eigenvalue weighted by molar-refractivity contribution is 5.97. The molecule has 0 spiro atoms. The molecular formula is C12H15NO. The lowest BCUT2D eigenvalue weighted by molar-refractivity contribution is 0.0957. The molecule has 0 bridgehead atoms. The van der Waals surface area contributed by atoms with Crippen molar-refractivity contribution in [3.8, 4) is 0 Å². The van der Waals surface area contributed by atoms with Crippen LogP contribution in [0.1, 0.15) is 21.5 Å². The summed E-state index contributed by atoms with van der Waals surface area (Å²) in [5, 5.41) is 2.77. The minimum Gasteiger partial charge on any atom is -0.349 e. The van der Waals surface area contributed by atoms with Gasteiger partial charge in [-0.3, -0.25) is 4.79 Å². The van der Waals surface area contributed by atoms with Crippen LogP contribution in [0.5, 0.6) is 0 Å². The second kappa shape index (κ2) is 4.61. The monoisotopic (exact) mass is 189 g/mol. The maximum atomic E-state index is 11.7. The fourth-order valence-corrected chi connectivity index (χ4v) is 1.43. The standard InChI is InChI=1S/C12H15NO/c1-4-8-13-12(14)11-9(2)6-5-7-10(11)3/h4-7H,1,8H2,2-3H3,(H,13,14). The lowest BCUT2D eigenvalue weighted by atomic mass is 10.0. The molecule has 14 heavy (non-hydrogen) atoms. The lowest BCUT2D eigenvalue weighted by Crippen LogP contribution is -2.24. The molecule has 1 aromatic rings. The first-order valence-electron chi connectivity index (χ1n) is 4.62. The van der Waals surface area contributed by atoms with E-state index in [1.807, 2.05) is 32.0 Å². The van der Waals surface area contributed by atoms with Gasteiger partial charge in [-0.25, -0.2) is 0 Å². The highest BCUT2D eigenvalue weighted by Crippen LogP contribution is 2.12. The molecule has 1 rings (SSSR count). The van der Waals surface area contributed by atoms with Gasteiger partial charge in [0, 0.05) is 12.1 Å². The first kappa shape index (κ1) is 10.5. The highest BCUT2D eigenvalue weighted by Gasteiger charge is 2.09. The van der Waals surface area contributed by atoms with E-state index >= 15 is 0 Å². The molecule has 0 atom stereocenters. The molecule has 0 unspecified atom stereocenters. The minimum absolute atomic E-state index is 0.0273. The number of carbonyl (C=O) groups is 1. The van der Waals surface area contributed by atoms with E-state index in [0.29, 0.717) is 6.54 Å². The maximum Gasteiger partial charge on any atom is 0.252 e. The third-order valence-electron chi connectivity index (χ3n) is 2.12. The van der Waals surface area contributed by atoms with Gasteiger partial charge in [-0.15, -0.1) is 6.58 Å². The van der Waals surface area contributed by atoms with Gasteiger partial charge in [0.25, 0.3) is 5.91 Å². The zero-order valence-corrected chi connectivity index (χ0v) is 8.63. The van der Waals surface area contributed by atoms with Crippen molar-refractivity contribution >= 4 is 5.91 Å². The number of hydrogen-bond acceptors (Lipinski definition) is 1. The van der Waals surface area contributed by atoms with E-state index in [0.717, 1.165) is 16.7 Å². The molecule has 0 saturated carbocycles. The molecule has 0 saturated heterocycles. The Hall–Kier alpha value is -1.57. The van der Waals surface area contributed by atoms with Crippen molar-refractivity contribution in [2.45, 2.75) is 13.8 Å². The summed E-state index contributed by atoms with van der Waals surface area (Å²) in [6, 6.07) is 5.83. The maximum absolute atomic E-state index is 11.7. The van der Waals surface area contributed by atoms with Gasteiger partial charge in [0.15, 0.2) is 0 Å². The normalized spacial score (nSPS) is 9.57. The number of amides is 1. The Kier molecular flexibility index (Phi) is 3.46. The average Bonchev–Trinajstić information content (AvgIpc) is 2.14. The summed E-state index contributed by atoms with van der Waals surface area (Å²) in [6.07, 6.45) is 1.67. The van der Waals surface area contributed by atoms with Gasteiger partial charge in [0.1, 0.15) is 0 Å². The summed E-state index contributed by atoms with van der Waals surface area (Å²) < 4.78 is 0. The van der Waals surface area contributed by atoms with Crippen LogP contribution in [0.25, 0.3) is 0 Å². The van der Waals surface area contributed by atoms with Gasteiger partial charge in [0.2, 0.25) is 0 Å². The summed E-state index contributed by atoms with van der Waals surface area (Å²) in [4.78, 5) is 11.7. The van der Waals surface area contributed by atoms with Gasteiger partial charge in [-0.2, -0.15) is 0 Å². The molecule has 1 aromatic carbocycles. The Morgan fingerprint density at radius 3 is 2.50 bits per heavy atom. The largest absolute Gasteiger partial charge is 0.349 e. The van der Waals surface area contributed by atoms with Crippen LogP contribution in [0, 0.1) is 13.8 Å². The summed E-state index contributed by atoms with van der Waals surface area (Å²) in [5.41, 5.74) is 2.78. The Balaban J connectivity index is 2.94. The molecule has 2 nitrogen and oxygen atoms in total. The van der Waals surface area contributed by atoms with Crippen molar-refractivity contribution in [3.05, 3.63) is 47.5 Å². The van der Waals surface area contributed by atoms with Crippen LogP contribution in [0.2, 0.25) is 0 Å². The van der Waals surface area contributed by atoms with Gasteiger partial charge in [-0.1, -0.05) is 24.3 Å². The van der Waals surface area contributed by atoms with Crippen molar-refractivity contribution in [1.29, 1.82) is 0 Å². The second-order valence-corrected chi connectivity index (χ2v) is 3.27. The topological polar surface area (TPSA) is 29.1 Å². The number of carbonyl (C=O) groups excluding carboxylic acids is 1. The van der Waals surface area contributed by atoms with Gasteiger partial charge < -0.3 is 5.32 Å². The SMILES string of the molecule is C=CCNC(=O)c1c(C)cccc1C. The number of benzene rings is 1. The summed E-state index contributed by atoms with van der Waals surface area (Å²) >= 11 is 0. The molecule has 1 amide bonds. The Labute approximate surface area is 84.6 Å². The predicted octanol–water partition coefficient (Wildman–Crippen LogP) is 2.22. The van der Waals surface area contributed by atoms with Crippen LogP contribution in [0.3, 0.4) is 0 Å². The number of hydrogen-bond donors (Lipinski definition) is 1. The van der Waals surface area contributed by atoms with Crippen LogP contribution in [0.4, 0.5) is 0 Å². The molecule has 1 N–H and O–H groups in total. The van der Waals surface area contributed by atoms with Crippen molar-refractivity contribution < 1.29 is 4.79 Å². The lowest BCUT2D eigenvalue weighted by Gasteiger charge is -2.08. The van der Waals surface area contributed by atoms with E-state index in [1.54, 1.807) is 6.08 Å². The van der Waals surface area contributed by atoms with Crippen LogP contribution in [-0.4, -0.2) is 12.5 Å². The first-order chi connectivity index (χ1) is 6.66. The molecule has 0 aliphatic rings. The van der Waals surface area contributed by atoms with E-state index in [2.05, 4.69) is 11.9 Å². The van der Waals surface area contributed by atoms with E-state index in [4.69, 9.17) is 0 Å². The first-order valence-corrected chi connectivity index (χ1v) is 4.62. The van der Waals surface area contributed by atoms with Crippen LogP contribution in [-0.2, 0) is 0 Å². The Morgan fingerprint density at radius 2 is 2.00 bits per heavy atom. The summed E-state index contributed by atoms with van der Waals surface area (Å²) in [6.45, 7) is 7.94.